The van der Waals surface area contributed by atoms with Crippen molar-refractivity contribution in [2.45, 2.75) is 42.4 Å². The first-order valence-corrected chi connectivity index (χ1v) is 10.7. The monoisotopic (exact) mass is 408 g/mol. The maximum atomic E-state index is 12.5. The molecule has 2 atom stereocenters. The fourth-order valence-electron chi connectivity index (χ4n) is 2.63. The van der Waals surface area contributed by atoms with E-state index in [2.05, 4.69) is 20.8 Å². The maximum absolute atomic E-state index is 12.5. The molecule has 0 bridgehead atoms. The van der Waals surface area contributed by atoms with Gasteiger partial charge in [-0.05, 0) is 38.8 Å². The quantitative estimate of drug-likeness (QED) is 0.613. The number of nitrogens with one attached hydrogen (secondary N) is 2. The minimum absolute atomic E-state index is 0.101. The number of anilines is 2. The van der Waals surface area contributed by atoms with Gasteiger partial charge in [-0.3, -0.25) is 4.79 Å². The van der Waals surface area contributed by atoms with Gasteiger partial charge in [-0.1, -0.05) is 35.2 Å². The summed E-state index contributed by atoms with van der Waals surface area (Å²) in [4.78, 5) is 12.5. The lowest BCUT2D eigenvalue weighted by Crippen LogP contribution is -2.22. The highest BCUT2D eigenvalue weighted by Crippen LogP contribution is 2.31. The fraction of sp³-hybridized carbons (Fsp3) is 0.500. The maximum Gasteiger partial charge on any atom is 0.237 e. The van der Waals surface area contributed by atoms with Crippen LogP contribution in [0.2, 0.25) is 0 Å². The van der Waals surface area contributed by atoms with Crippen LogP contribution in [0.5, 0.6) is 5.75 Å². The van der Waals surface area contributed by atoms with Crippen LogP contribution in [-0.4, -0.2) is 47.2 Å². The molecule has 1 aliphatic heterocycles. The second-order valence-corrected chi connectivity index (χ2v) is 8.63. The van der Waals surface area contributed by atoms with Gasteiger partial charge in [0.1, 0.15) is 5.75 Å². The zero-order valence-electron chi connectivity index (χ0n) is 15.4. The van der Waals surface area contributed by atoms with E-state index < -0.39 is 0 Å². The van der Waals surface area contributed by atoms with Crippen molar-refractivity contribution in [2.24, 2.45) is 0 Å². The Morgan fingerprint density at radius 2 is 2.30 bits per heavy atom. The summed E-state index contributed by atoms with van der Waals surface area (Å²) in [5.74, 6) is 0.568. The summed E-state index contributed by atoms with van der Waals surface area (Å²) in [6, 6.07) is 7.42. The Balaban J connectivity index is 1.51. The zero-order chi connectivity index (χ0) is 19.1. The zero-order valence-corrected chi connectivity index (χ0v) is 17.1. The molecule has 146 valence electrons. The molecule has 27 heavy (non-hydrogen) atoms. The highest BCUT2D eigenvalue weighted by Gasteiger charge is 2.19. The van der Waals surface area contributed by atoms with E-state index in [0.29, 0.717) is 18.0 Å². The Kier molecular flexibility index (Phi) is 7.31. The number of carbonyl (C=O) groups excluding carboxylic acids is 1. The van der Waals surface area contributed by atoms with Crippen LogP contribution in [0, 0.1) is 0 Å². The minimum Gasteiger partial charge on any atom is -0.492 e. The van der Waals surface area contributed by atoms with Crippen LogP contribution in [0.25, 0.3) is 0 Å². The van der Waals surface area contributed by atoms with Gasteiger partial charge in [0.25, 0.3) is 0 Å². The second kappa shape index (κ2) is 9.91. The van der Waals surface area contributed by atoms with Crippen molar-refractivity contribution in [3.8, 4) is 5.75 Å². The average Bonchev–Trinajstić information content (AvgIpc) is 3.33. The number of hydrogen-bond acceptors (Lipinski definition) is 8. The third-order valence-electron chi connectivity index (χ3n) is 4.00. The van der Waals surface area contributed by atoms with Gasteiger partial charge < -0.3 is 20.1 Å². The number of carbonyl (C=O) groups is 1. The van der Waals surface area contributed by atoms with Crippen molar-refractivity contribution in [3.63, 3.8) is 0 Å². The van der Waals surface area contributed by atoms with E-state index in [1.165, 1.54) is 23.1 Å². The SMILES string of the molecule is CCOc1ccccc1NC(=O)C(C)Sc1nnc(NCC2CCCO2)s1. The van der Waals surface area contributed by atoms with Crippen molar-refractivity contribution in [2.75, 3.05) is 30.4 Å². The number of aromatic nitrogens is 2. The topological polar surface area (TPSA) is 85.4 Å². The predicted molar refractivity (Wildman–Crippen MR) is 109 cm³/mol. The van der Waals surface area contributed by atoms with E-state index >= 15 is 0 Å². The predicted octanol–water partition coefficient (Wildman–Crippen LogP) is 3.65. The smallest absolute Gasteiger partial charge is 0.237 e. The Morgan fingerprint density at radius 3 is 3.07 bits per heavy atom. The fourth-order valence-corrected chi connectivity index (χ4v) is 4.53. The van der Waals surface area contributed by atoms with E-state index in [1.807, 2.05) is 38.1 Å². The van der Waals surface area contributed by atoms with Gasteiger partial charge in [0.15, 0.2) is 4.34 Å². The number of rotatable bonds is 9. The first-order chi connectivity index (χ1) is 13.2. The van der Waals surface area contributed by atoms with Crippen LogP contribution in [0.4, 0.5) is 10.8 Å². The van der Waals surface area contributed by atoms with E-state index in [1.54, 1.807) is 0 Å². The number of thioether (sulfide) groups is 1. The summed E-state index contributed by atoms with van der Waals surface area (Å²) in [5, 5.41) is 14.9. The molecule has 2 N–H and O–H groups in total. The van der Waals surface area contributed by atoms with E-state index in [0.717, 1.165) is 35.5 Å². The Hall–Kier alpha value is -1.84. The molecule has 0 spiro atoms. The molecule has 7 nitrogen and oxygen atoms in total. The van der Waals surface area contributed by atoms with Crippen molar-refractivity contribution in [1.82, 2.24) is 10.2 Å². The molecule has 2 aromatic rings. The van der Waals surface area contributed by atoms with Crippen LogP contribution in [-0.2, 0) is 9.53 Å². The molecule has 2 unspecified atom stereocenters. The largest absolute Gasteiger partial charge is 0.492 e. The molecule has 1 aromatic heterocycles. The summed E-state index contributed by atoms with van der Waals surface area (Å²) in [7, 11) is 0. The second-order valence-electron chi connectivity index (χ2n) is 6.07. The Morgan fingerprint density at radius 1 is 1.44 bits per heavy atom. The standard InChI is InChI=1S/C18H24N4O3S2/c1-3-24-15-9-5-4-8-14(15)20-16(23)12(2)26-18-22-21-17(27-18)19-11-13-7-6-10-25-13/h4-5,8-9,12-13H,3,6-7,10-11H2,1-2H3,(H,19,21)(H,20,23). The normalized spacial score (nSPS) is 17.5. The molecule has 9 heteroatoms. The third kappa shape index (κ3) is 5.82. The van der Waals surface area contributed by atoms with Crippen LogP contribution < -0.4 is 15.4 Å². The average molecular weight is 409 g/mol. The summed E-state index contributed by atoms with van der Waals surface area (Å²) in [5.41, 5.74) is 0.674. The van der Waals surface area contributed by atoms with Gasteiger partial charge in [0.05, 0.1) is 23.6 Å². The highest BCUT2D eigenvalue weighted by atomic mass is 32.2. The van der Waals surface area contributed by atoms with Gasteiger partial charge in [0, 0.05) is 13.2 Å². The number of para-hydroxylation sites is 2. The molecule has 1 amide bonds. The lowest BCUT2D eigenvalue weighted by atomic mass is 10.2. The van der Waals surface area contributed by atoms with Crippen molar-refractivity contribution >= 4 is 39.8 Å². The molecule has 2 heterocycles. The van der Waals surface area contributed by atoms with E-state index in [-0.39, 0.29) is 17.3 Å². The molecule has 1 fully saturated rings. The van der Waals surface area contributed by atoms with Gasteiger partial charge >= 0.3 is 0 Å². The molecule has 0 aliphatic carbocycles. The minimum atomic E-state index is -0.307. The molecule has 1 saturated heterocycles. The van der Waals surface area contributed by atoms with Crippen molar-refractivity contribution in [1.29, 1.82) is 0 Å². The van der Waals surface area contributed by atoms with Gasteiger partial charge in [-0.25, -0.2) is 0 Å². The number of benzene rings is 1. The highest BCUT2D eigenvalue weighted by molar-refractivity contribution is 8.02. The van der Waals surface area contributed by atoms with Crippen molar-refractivity contribution in [3.05, 3.63) is 24.3 Å². The van der Waals surface area contributed by atoms with Gasteiger partial charge in [0.2, 0.25) is 11.0 Å². The summed E-state index contributed by atoms with van der Waals surface area (Å²) < 4.78 is 11.9. The number of hydrogen-bond donors (Lipinski definition) is 2. The van der Waals surface area contributed by atoms with E-state index in [4.69, 9.17) is 9.47 Å². The summed E-state index contributed by atoms with van der Waals surface area (Å²) >= 11 is 2.84. The molecule has 1 aliphatic rings. The number of ether oxygens (including phenoxy) is 2. The van der Waals surface area contributed by atoms with Crippen LogP contribution >= 0.6 is 23.1 Å². The molecular formula is C18H24N4O3S2. The molecule has 0 saturated carbocycles. The van der Waals surface area contributed by atoms with Crippen molar-refractivity contribution < 1.29 is 14.3 Å². The first-order valence-electron chi connectivity index (χ1n) is 9.04. The molecule has 1 aromatic carbocycles. The van der Waals surface area contributed by atoms with Crippen LogP contribution in [0.1, 0.15) is 26.7 Å². The summed E-state index contributed by atoms with van der Waals surface area (Å²) in [6.07, 6.45) is 2.44. The third-order valence-corrected chi connectivity index (χ3v) is 6.07. The number of nitrogens with zero attached hydrogens (tertiary/aromatic N) is 2. The van der Waals surface area contributed by atoms with Gasteiger partial charge in [-0.15, -0.1) is 10.2 Å². The molecular weight excluding hydrogens is 384 g/mol. The Bertz CT molecular complexity index is 750. The van der Waals surface area contributed by atoms with Crippen LogP contribution in [0.15, 0.2) is 28.6 Å². The first kappa shape index (κ1) is 19.9. The van der Waals surface area contributed by atoms with Gasteiger partial charge in [-0.2, -0.15) is 0 Å². The lowest BCUT2D eigenvalue weighted by molar-refractivity contribution is -0.115. The lowest BCUT2D eigenvalue weighted by Gasteiger charge is -2.13. The van der Waals surface area contributed by atoms with E-state index in [9.17, 15) is 4.79 Å². The molecule has 3 rings (SSSR count). The molecule has 0 radical (unpaired) electrons. The number of amides is 1. The van der Waals surface area contributed by atoms with Crippen LogP contribution in [0.3, 0.4) is 0 Å². The Labute approximate surface area is 167 Å². The summed E-state index contributed by atoms with van der Waals surface area (Å²) in [6.45, 7) is 5.89.